The summed E-state index contributed by atoms with van der Waals surface area (Å²) in [6.07, 6.45) is 3.89. The monoisotopic (exact) mass is 241 g/mol. The van der Waals surface area contributed by atoms with Crippen molar-refractivity contribution >= 4 is 5.91 Å². The van der Waals surface area contributed by atoms with E-state index in [2.05, 4.69) is 20.8 Å². The van der Waals surface area contributed by atoms with E-state index in [0.29, 0.717) is 0 Å². The molecule has 0 aromatic rings. The van der Waals surface area contributed by atoms with Gasteiger partial charge in [-0.15, -0.1) is 0 Å². The van der Waals surface area contributed by atoms with Crippen LogP contribution in [0.25, 0.3) is 0 Å². The van der Waals surface area contributed by atoms with Crippen LogP contribution in [0, 0.1) is 11.8 Å². The average molecular weight is 241 g/mol. The maximum absolute atomic E-state index is 12.2. The smallest absolute Gasteiger partial charge is 0.251 e. The fourth-order valence-electron chi connectivity index (χ4n) is 2.59. The van der Waals surface area contributed by atoms with E-state index in [1.165, 1.54) is 0 Å². The number of likely N-dealkylation sites (tertiary alicyclic amines) is 1. The second kappa shape index (κ2) is 7.00. The molecule has 0 aromatic carbocycles. The molecule has 1 aliphatic rings. The number of ether oxygens (including phenoxy) is 1. The Kier molecular flexibility index (Phi) is 5.96. The van der Waals surface area contributed by atoms with Crippen molar-refractivity contribution in [3.05, 3.63) is 0 Å². The van der Waals surface area contributed by atoms with Crippen LogP contribution >= 0.6 is 0 Å². The summed E-state index contributed by atoms with van der Waals surface area (Å²) in [5.74, 6) is 1.71. The highest BCUT2D eigenvalue weighted by Gasteiger charge is 2.28. The Bertz CT molecular complexity index is 232. The third-order valence-electron chi connectivity index (χ3n) is 3.90. The molecule has 0 N–H and O–H groups in total. The van der Waals surface area contributed by atoms with Gasteiger partial charge in [-0.1, -0.05) is 27.2 Å². The number of hydrogen-bond acceptors (Lipinski definition) is 2. The number of carbonyl (C=O) groups is 1. The van der Waals surface area contributed by atoms with Crippen LogP contribution in [0.4, 0.5) is 0 Å². The lowest BCUT2D eigenvalue weighted by Gasteiger charge is -2.35. The lowest BCUT2D eigenvalue weighted by Crippen LogP contribution is -2.45. The first kappa shape index (κ1) is 14.5. The highest BCUT2D eigenvalue weighted by molar-refractivity contribution is 5.81. The lowest BCUT2D eigenvalue weighted by atomic mass is 9.86. The van der Waals surface area contributed by atoms with Crippen LogP contribution in [-0.4, -0.2) is 37.1 Å². The highest BCUT2D eigenvalue weighted by atomic mass is 16.5. The van der Waals surface area contributed by atoms with Crippen molar-refractivity contribution in [2.24, 2.45) is 11.8 Å². The first-order valence-electron chi connectivity index (χ1n) is 6.91. The standard InChI is InChI=1S/C14H27NO2/c1-5-6-13(17-4)14(16)15-9-7-12(8-10-15)11(2)3/h11-13H,5-10H2,1-4H3. The van der Waals surface area contributed by atoms with E-state index in [1.54, 1.807) is 7.11 Å². The molecule has 1 fully saturated rings. The van der Waals surface area contributed by atoms with Crippen molar-refractivity contribution in [3.8, 4) is 0 Å². The summed E-state index contributed by atoms with van der Waals surface area (Å²) in [7, 11) is 1.64. The Balaban J connectivity index is 2.44. The second-order valence-electron chi connectivity index (χ2n) is 5.42. The van der Waals surface area contributed by atoms with Gasteiger partial charge >= 0.3 is 0 Å². The van der Waals surface area contributed by atoms with E-state index >= 15 is 0 Å². The van der Waals surface area contributed by atoms with E-state index in [1.807, 2.05) is 4.90 Å². The fraction of sp³-hybridized carbons (Fsp3) is 0.929. The first-order chi connectivity index (χ1) is 8.10. The molecule has 0 saturated carbocycles. The fourth-order valence-corrected chi connectivity index (χ4v) is 2.59. The molecule has 17 heavy (non-hydrogen) atoms. The third-order valence-corrected chi connectivity index (χ3v) is 3.90. The van der Waals surface area contributed by atoms with Crippen LogP contribution in [0.5, 0.6) is 0 Å². The number of rotatable bonds is 5. The number of carbonyl (C=O) groups excluding carboxylic acids is 1. The molecule has 1 heterocycles. The summed E-state index contributed by atoms with van der Waals surface area (Å²) in [5.41, 5.74) is 0. The molecule has 0 spiro atoms. The van der Waals surface area contributed by atoms with Crippen LogP contribution in [0.15, 0.2) is 0 Å². The van der Waals surface area contributed by atoms with E-state index < -0.39 is 0 Å². The van der Waals surface area contributed by atoms with Crippen molar-refractivity contribution < 1.29 is 9.53 Å². The summed E-state index contributed by atoms with van der Waals surface area (Å²) in [6, 6.07) is 0. The Hall–Kier alpha value is -0.570. The number of piperidine rings is 1. The van der Waals surface area contributed by atoms with Crippen molar-refractivity contribution in [1.29, 1.82) is 0 Å². The van der Waals surface area contributed by atoms with Crippen molar-refractivity contribution in [3.63, 3.8) is 0 Å². The molecule has 1 aliphatic heterocycles. The summed E-state index contributed by atoms with van der Waals surface area (Å²) in [4.78, 5) is 14.2. The van der Waals surface area contributed by atoms with Crippen LogP contribution in [-0.2, 0) is 9.53 Å². The van der Waals surface area contributed by atoms with Gasteiger partial charge in [-0.3, -0.25) is 4.79 Å². The topological polar surface area (TPSA) is 29.5 Å². The summed E-state index contributed by atoms with van der Waals surface area (Å²) >= 11 is 0. The maximum Gasteiger partial charge on any atom is 0.251 e. The maximum atomic E-state index is 12.2. The van der Waals surface area contributed by atoms with Crippen molar-refractivity contribution in [2.45, 2.75) is 52.6 Å². The molecular weight excluding hydrogens is 214 g/mol. The van der Waals surface area contributed by atoms with Crippen LogP contribution in [0.1, 0.15) is 46.5 Å². The molecule has 0 aromatic heterocycles. The first-order valence-corrected chi connectivity index (χ1v) is 6.91. The molecule has 0 aliphatic carbocycles. The van der Waals surface area contributed by atoms with Gasteiger partial charge in [0.05, 0.1) is 0 Å². The van der Waals surface area contributed by atoms with Gasteiger partial charge in [-0.05, 0) is 31.1 Å². The van der Waals surface area contributed by atoms with E-state index in [-0.39, 0.29) is 12.0 Å². The van der Waals surface area contributed by atoms with E-state index in [4.69, 9.17) is 4.74 Å². The molecule has 1 saturated heterocycles. The second-order valence-corrected chi connectivity index (χ2v) is 5.42. The summed E-state index contributed by atoms with van der Waals surface area (Å²) < 4.78 is 5.29. The van der Waals surface area contributed by atoms with Gasteiger partial charge < -0.3 is 9.64 Å². The Morgan fingerprint density at radius 3 is 2.35 bits per heavy atom. The predicted octanol–water partition coefficient (Wildman–Crippen LogP) is 2.70. The largest absolute Gasteiger partial charge is 0.372 e. The SMILES string of the molecule is CCCC(OC)C(=O)N1CCC(C(C)C)CC1. The zero-order valence-electron chi connectivity index (χ0n) is 11.7. The summed E-state index contributed by atoms with van der Waals surface area (Å²) in [6.45, 7) is 8.45. The van der Waals surface area contributed by atoms with Crippen LogP contribution in [0.2, 0.25) is 0 Å². The van der Waals surface area contributed by atoms with Gasteiger partial charge in [0, 0.05) is 20.2 Å². The summed E-state index contributed by atoms with van der Waals surface area (Å²) in [5, 5.41) is 0. The lowest BCUT2D eigenvalue weighted by molar-refractivity contribution is -0.144. The van der Waals surface area contributed by atoms with Gasteiger partial charge in [0.15, 0.2) is 0 Å². The zero-order chi connectivity index (χ0) is 12.8. The van der Waals surface area contributed by atoms with Crippen molar-refractivity contribution in [2.75, 3.05) is 20.2 Å². The highest BCUT2D eigenvalue weighted by Crippen LogP contribution is 2.25. The quantitative estimate of drug-likeness (QED) is 0.740. The third kappa shape index (κ3) is 3.98. The van der Waals surface area contributed by atoms with E-state index in [0.717, 1.165) is 50.6 Å². The molecule has 100 valence electrons. The molecule has 3 nitrogen and oxygen atoms in total. The normalized spacial score (nSPS) is 19.7. The number of hydrogen-bond donors (Lipinski definition) is 0. The molecule has 1 unspecified atom stereocenters. The zero-order valence-corrected chi connectivity index (χ0v) is 11.7. The Morgan fingerprint density at radius 2 is 1.94 bits per heavy atom. The Morgan fingerprint density at radius 1 is 1.35 bits per heavy atom. The average Bonchev–Trinajstić information content (AvgIpc) is 2.35. The van der Waals surface area contributed by atoms with Gasteiger partial charge in [-0.2, -0.15) is 0 Å². The molecule has 1 atom stereocenters. The van der Waals surface area contributed by atoms with Gasteiger partial charge in [0.1, 0.15) is 6.10 Å². The van der Waals surface area contributed by atoms with Crippen molar-refractivity contribution in [1.82, 2.24) is 4.90 Å². The number of methoxy groups -OCH3 is 1. The molecule has 1 rings (SSSR count). The molecule has 0 bridgehead atoms. The molecule has 3 heteroatoms. The minimum absolute atomic E-state index is 0.191. The van der Waals surface area contributed by atoms with Crippen LogP contribution in [0.3, 0.4) is 0 Å². The van der Waals surface area contributed by atoms with E-state index in [9.17, 15) is 4.79 Å². The minimum Gasteiger partial charge on any atom is -0.372 e. The number of nitrogens with zero attached hydrogens (tertiary/aromatic N) is 1. The molecule has 1 amide bonds. The van der Waals surface area contributed by atoms with Gasteiger partial charge in [0.25, 0.3) is 5.91 Å². The minimum atomic E-state index is -0.226. The van der Waals surface area contributed by atoms with Gasteiger partial charge in [-0.25, -0.2) is 0 Å². The van der Waals surface area contributed by atoms with Crippen LogP contribution < -0.4 is 0 Å². The Labute approximate surface area is 106 Å². The molecular formula is C14H27NO2. The van der Waals surface area contributed by atoms with Gasteiger partial charge in [0.2, 0.25) is 0 Å². The molecule has 0 radical (unpaired) electrons. The predicted molar refractivity (Wildman–Crippen MR) is 69.8 cm³/mol. The number of amides is 1.